The third-order valence-electron chi connectivity index (χ3n) is 4.04. The normalized spacial score (nSPS) is 33.6. The van der Waals surface area contributed by atoms with Crippen molar-refractivity contribution in [3.63, 3.8) is 0 Å². The molecule has 1 N–H and O–H groups in total. The molecule has 0 aliphatic heterocycles. The molecular weight excluding hydrogens is 174 g/mol. The summed E-state index contributed by atoms with van der Waals surface area (Å²) in [6, 6.07) is 0.473. The SMILES string of the molecule is CCN(CC1CCC1)[C@H]1CCC[C@@H]1O. The van der Waals surface area contributed by atoms with Crippen molar-refractivity contribution in [2.45, 2.75) is 57.6 Å². The van der Waals surface area contributed by atoms with Crippen LogP contribution in [0.25, 0.3) is 0 Å². The van der Waals surface area contributed by atoms with Crippen molar-refractivity contribution in [1.82, 2.24) is 4.90 Å². The monoisotopic (exact) mass is 197 g/mol. The molecule has 0 amide bonds. The van der Waals surface area contributed by atoms with Gasteiger partial charge < -0.3 is 5.11 Å². The van der Waals surface area contributed by atoms with E-state index in [1.54, 1.807) is 0 Å². The van der Waals surface area contributed by atoms with Gasteiger partial charge in [-0.05, 0) is 44.6 Å². The van der Waals surface area contributed by atoms with E-state index in [0.29, 0.717) is 6.04 Å². The summed E-state index contributed by atoms with van der Waals surface area (Å²) in [5.41, 5.74) is 0. The van der Waals surface area contributed by atoms with E-state index in [1.807, 2.05) is 0 Å². The van der Waals surface area contributed by atoms with Crippen LogP contribution in [0.15, 0.2) is 0 Å². The Labute approximate surface area is 87.3 Å². The Morgan fingerprint density at radius 2 is 1.86 bits per heavy atom. The number of likely N-dealkylation sites (N-methyl/N-ethyl adjacent to an activating group) is 1. The fourth-order valence-corrected chi connectivity index (χ4v) is 2.85. The second-order valence-electron chi connectivity index (χ2n) is 4.95. The lowest BCUT2D eigenvalue weighted by molar-refractivity contribution is 0.0539. The summed E-state index contributed by atoms with van der Waals surface area (Å²) in [5.74, 6) is 0.933. The summed E-state index contributed by atoms with van der Waals surface area (Å²) in [6.07, 6.45) is 7.66. The summed E-state index contributed by atoms with van der Waals surface area (Å²) in [4.78, 5) is 2.52. The van der Waals surface area contributed by atoms with Crippen LogP contribution in [-0.4, -0.2) is 35.2 Å². The second kappa shape index (κ2) is 4.63. The van der Waals surface area contributed by atoms with E-state index in [9.17, 15) is 5.11 Å². The number of hydrogen-bond acceptors (Lipinski definition) is 2. The van der Waals surface area contributed by atoms with Crippen LogP contribution in [0.3, 0.4) is 0 Å². The lowest BCUT2D eigenvalue weighted by atomic mass is 9.84. The van der Waals surface area contributed by atoms with Gasteiger partial charge in [-0.25, -0.2) is 0 Å². The molecule has 0 heterocycles. The van der Waals surface area contributed by atoms with Crippen molar-refractivity contribution in [1.29, 1.82) is 0 Å². The van der Waals surface area contributed by atoms with Crippen LogP contribution in [0.1, 0.15) is 45.4 Å². The average Bonchev–Trinajstić information content (AvgIpc) is 2.51. The molecule has 2 rings (SSSR count). The zero-order valence-electron chi connectivity index (χ0n) is 9.28. The summed E-state index contributed by atoms with van der Waals surface area (Å²) >= 11 is 0. The highest BCUT2D eigenvalue weighted by Crippen LogP contribution is 2.30. The molecular formula is C12H23NO. The Bertz CT molecular complexity index is 179. The van der Waals surface area contributed by atoms with E-state index in [0.717, 1.165) is 18.9 Å². The molecule has 82 valence electrons. The number of hydrogen-bond donors (Lipinski definition) is 1. The van der Waals surface area contributed by atoms with E-state index in [2.05, 4.69) is 11.8 Å². The third-order valence-corrected chi connectivity index (χ3v) is 4.04. The molecule has 0 aromatic rings. The second-order valence-corrected chi connectivity index (χ2v) is 4.95. The first-order chi connectivity index (χ1) is 6.81. The van der Waals surface area contributed by atoms with Crippen molar-refractivity contribution >= 4 is 0 Å². The lowest BCUT2D eigenvalue weighted by Gasteiger charge is -2.36. The molecule has 0 spiro atoms. The van der Waals surface area contributed by atoms with Gasteiger partial charge in [0.2, 0.25) is 0 Å². The Morgan fingerprint density at radius 1 is 1.14 bits per heavy atom. The van der Waals surface area contributed by atoms with Crippen molar-refractivity contribution < 1.29 is 5.11 Å². The smallest absolute Gasteiger partial charge is 0.0695 e. The highest BCUT2D eigenvalue weighted by Gasteiger charge is 2.31. The first kappa shape index (κ1) is 10.4. The van der Waals surface area contributed by atoms with Crippen molar-refractivity contribution in [2.75, 3.05) is 13.1 Å². The van der Waals surface area contributed by atoms with E-state index in [-0.39, 0.29) is 6.10 Å². The quantitative estimate of drug-likeness (QED) is 0.745. The molecule has 2 aliphatic carbocycles. The molecule has 2 heteroatoms. The largest absolute Gasteiger partial charge is 0.391 e. The molecule has 0 bridgehead atoms. The highest BCUT2D eigenvalue weighted by atomic mass is 16.3. The molecule has 2 saturated carbocycles. The van der Waals surface area contributed by atoms with E-state index in [4.69, 9.17) is 0 Å². The fourth-order valence-electron chi connectivity index (χ4n) is 2.85. The first-order valence-electron chi connectivity index (χ1n) is 6.23. The summed E-state index contributed by atoms with van der Waals surface area (Å²) < 4.78 is 0. The van der Waals surface area contributed by atoms with Gasteiger partial charge in [0.15, 0.2) is 0 Å². The molecule has 2 aliphatic rings. The highest BCUT2D eigenvalue weighted by molar-refractivity contribution is 4.86. The van der Waals surface area contributed by atoms with Gasteiger partial charge in [-0.1, -0.05) is 13.3 Å². The van der Waals surface area contributed by atoms with Crippen LogP contribution in [0, 0.1) is 5.92 Å². The fraction of sp³-hybridized carbons (Fsp3) is 1.00. The molecule has 14 heavy (non-hydrogen) atoms. The molecule has 0 radical (unpaired) electrons. The Kier molecular flexibility index (Phi) is 3.45. The van der Waals surface area contributed by atoms with Gasteiger partial charge in [0.25, 0.3) is 0 Å². The summed E-state index contributed by atoms with van der Waals surface area (Å²) in [7, 11) is 0. The minimum absolute atomic E-state index is 0.0463. The van der Waals surface area contributed by atoms with Gasteiger partial charge in [0.1, 0.15) is 0 Å². The van der Waals surface area contributed by atoms with Crippen LogP contribution < -0.4 is 0 Å². The molecule has 2 nitrogen and oxygen atoms in total. The molecule has 0 unspecified atom stereocenters. The minimum atomic E-state index is -0.0463. The van der Waals surface area contributed by atoms with Crippen molar-refractivity contribution in [3.8, 4) is 0 Å². The number of aliphatic hydroxyl groups excluding tert-OH is 1. The zero-order valence-corrected chi connectivity index (χ0v) is 9.28. The van der Waals surface area contributed by atoms with Gasteiger partial charge in [0, 0.05) is 12.6 Å². The number of aliphatic hydroxyl groups is 1. The van der Waals surface area contributed by atoms with Gasteiger partial charge in [-0.2, -0.15) is 0 Å². The topological polar surface area (TPSA) is 23.5 Å². The van der Waals surface area contributed by atoms with Crippen LogP contribution in [-0.2, 0) is 0 Å². The van der Waals surface area contributed by atoms with E-state index < -0.39 is 0 Å². The van der Waals surface area contributed by atoms with Gasteiger partial charge in [0.05, 0.1) is 6.10 Å². The molecule has 0 aromatic carbocycles. The Balaban J connectivity index is 1.84. The van der Waals surface area contributed by atoms with Crippen LogP contribution in [0.2, 0.25) is 0 Å². The van der Waals surface area contributed by atoms with Gasteiger partial charge in [-0.3, -0.25) is 4.90 Å². The Morgan fingerprint density at radius 3 is 2.29 bits per heavy atom. The number of nitrogens with zero attached hydrogens (tertiary/aromatic N) is 1. The Hall–Kier alpha value is -0.0800. The maximum atomic E-state index is 9.85. The lowest BCUT2D eigenvalue weighted by Crippen LogP contribution is -2.43. The average molecular weight is 197 g/mol. The van der Waals surface area contributed by atoms with Crippen molar-refractivity contribution in [2.24, 2.45) is 5.92 Å². The first-order valence-corrected chi connectivity index (χ1v) is 6.23. The summed E-state index contributed by atoms with van der Waals surface area (Å²) in [6.45, 7) is 4.57. The summed E-state index contributed by atoms with van der Waals surface area (Å²) in [5, 5.41) is 9.85. The molecule has 0 saturated heterocycles. The molecule has 0 aromatic heterocycles. The van der Waals surface area contributed by atoms with Gasteiger partial charge >= 0.3 is 0 Å². The van der Waals surface area contributed by atoms with Crippen molar-refractivity contribution in [3.05, 3.63) is 0 Å². The predicted molar refractivity (Wildman–Crippen MR) is 58.2 cm³/mol. The predicted octanol–water partition coefficient (Wildman–Crippen LogP) is 2.02. The maximum absolute atomic E-state index is 9.85. The molecule has 2 atom stereocenters. The standard InChI is InChI=1S/C12H23NO/c1-2-13(9-10-5-3-6-10)11-7-4-8-12(11)14/h10-12,14H,2-9H2,1H3/t11-,12-/m0/s1. The van der Waals surface area contributed by atoms with Crippen LogP contribution >= 0.6 is 0 Å². The molecule has 2 fully saturated rings. The minimum Gasteiger partial charge on any atom is -0.391 e. The van der Waals surface area contributed by atoms with E-state index >= 15 is 0 Å². The zero-order chi connectivity index (χ0) is 9.97. The van der Waals surface area contributed by atoms with Crippen LogP contribution in [0.5, 0.6) is 0 Å². The maximum Gasteiger partial charge on any atom is 0.0695 e. The van der Waals surface area contributed by atoms with Gasteiger partial charge in [-0.15, -0.1) is 0 Å². The third kappa shape index (κ3) is 2.12. The number of rotatable bonds is 4. The van der Waals surface area contributed by atoms with Crippen LogP contribution in [0.4, 0.5) is 0 Å². The van der Waals surface area contributed by atoms with E-state index in [1.165, 1.54) is 38.6 Å².